The van der Waals surface area contributed by atoms with Gasteiger partial charge in [0.05, 0.1) is 0 Å². The smallest absolute Gasteiger partial charge is 0.320 e. The van der Waals surface area contributed by atoms with E-state index in [1.54, 1.807) is 12.1 Å². The van der Waals surface area contributed by atoms with Crippen LogP contribution in [0, 0.1) is 0 Å². The minimum atomic E-state index is -1.02. The zero-order valence-electron chi connectivity index (χ0n) is 10.5. The number of phenolic OH excluding ortho intramolecular Hbond substituents is 1. The van der Waals surface area contributed by atoms with Crippen LogP contribution in [-0.2, 0) is 16.0 Å². The van der Waals surface area contributed by atoms with Crippen LogP contribution < -0.4 is 11.5 Å². The molecule has 0 heterocycles. The number of nitrogens with two attached hydrogens (primary N) is 2. The molecule has 0 aliphatic carbocycles. The van der Waals surface area contributed by atoms with Gasteiger partial charge >= 0.3 is 11.9 Å². The number of benzene rings is 1. The van der Waals surface area contributed by atoms with Gasteiger partial charge in [0.25, 0.3) is 0 Å². The predicted octanol–water partition coefficient (Wildman–Crippen LogP) is 2.95. The molecule has 0 bridgehead atoms. The zero-order chi connectivity index (χ0) is 15.0. The Kier molecular flexibility index (Phi) is 29.8. The van der Waals surface area contributed by atoms with Gasteiger partial charge in [0.15, 0.2) is 0 Å². The molecule has 0 amide bonds. The summed E-state index contributed by atoms with van der Waals surface area (Å²) in [6, 6.07) is 4.69. The van der Waals surface area contributed by atoms with Gasteiger partial charge in [-0.2, -0.15) is 0 Å². The average Bonchev–Trinajstić information content (AvgIpc) is 2.32. The second kappa shape index (κ2) is 18.9. The van der Waals surface area contributed by atoms with Crippen LogP contribution in [0.5, 0.6) is 5.75 Å². The number of hydrogen-bond donors (Lipinski definition) is 5. The molecule has 1 aromatic rings. The lowest BCUT2D eigenvalue weighted by atomic mass is 10.1. The minimum absolute atomic E-state index is 0. The Bertz CT molecular complexity index is 419. The number of rotatable bonds is 4. The molecule has 0 saturated carbocycles. The van der Waals surface area contributed by atoms with Gasteiger partial charge in [-0.3, -0.25) is 9.59 Å². The molecule has 7 nitrogen and oxygen atoms in total. The van der Waals surface area contributed by atoms with Crippen molar-refractivity contribution in [2.45, 2.75) is 62.6 Å². The third kappa shape index (κ3) is 17.9. The summed E-state index contributed by atoms with van der Waals surface area (Å²) in [6.07, 6.45) is 0.273. The number of carboxylic acid groups (broad SMARTS) is 2. The molecule has 1 rings (SSSR count). The van der Waals surface area contributed by atoms with Gasteiger partial charge in [0.2, 0.25) is 0 Å². The Morgan fingerprint density at radius 3 is 1.50 bits per heavy atom. The molecule has 2 atom stereocenters. The van der Waals surface area contributed by atoms with Gasteiger partial charge in [-0.15, -0.1) is 0 Å². The molecule has 0 fully saturated rings. The molecule has 0 saturated heterocycles. The summed E-state index contributed by atoms with van der Waals surface area (Å²) in [5.41, 5.74) is 11.0. The Hall–Kier alpha value is -2.12. The SMILES string of the molecule is C.C.C.C.C.CC(N)C(=O)O.NC(Cc1ccc(O)cc1)C(=O)O. The number of hydrogen-bond acceptors (Lipinski definition) is 5. The fraction of sp³-hybridized carbons (Fsp3) is 0.529. The fourth-order valence-corrected chi connectivity index (χ4v) is 0.973. The molecule has 0 aliphatic rings. The Morgan fingerprint density at radius 1 is 0.917 bits per heavy atom. The average molecular weight is 351 g/mol. The van der Waals surface area contributed by atoms with Crippen LogP contribution in [0.25, 0.3) is 0 Å². The predicted molar refractivity (Wildman–Crippen MR) is 102 cm³/mol. The first-order valence-electron chi connectivity index (χ1n) is 5.48. The first kappa shape index (κ1) is 37.8. The fourth-order valence-electron chi connectivity index (χ4n) is 0.973. The van der Waals surface area contributed by atoms with Crippen LogP contribution in [0.4, 0.5) is 0 Å². The molecule has 7 heteroatoms. The van der Waals surface area contributed by atoms with E-state index in [4.69, 9.17) is 26.8 Å². The number of carbonyl (C=O) groups is 2. The molecular formula is C17H38N2O5. The molecule has 146 valence electrons. The molecule has 7 N–H and O–H groups in total. The first-order chi connectivity index (χ1) is 8.73. The first-order valence-corrected chi connectivity index (χ1v) is 5.48. The maximum absolute atomic E-state index is 10.4. The highest BCUT2D eigenvalue weighted by atomic mass is 16.4. The van der Waals surface area contributed by atoms with Crippen LogP contribution in [-0.4, -0.2) is 39.3 Å². The van der Waals surface area contributed by atoms with Crippen molar-refractivity contribution in [2.75, 3.05) is 0 Å². The third-order valence-electron chi connectivity index (χ3n) is 2.10. The van der Waals surface area contributed by atoms with E-state index in [9.17, 15) is 9.59 Å². The van der Waals surface area contributed by atoms with Gasteiger partial charge in [-0.05, 0) is 31.0 Å². The van der Waals surface area contributed by atoms with E-state index in [1.807, 2.05) is 0 Å². The summed E-state index contributed by atoms with van der Waals surface area (Å²) >= 11 is 0. The van der Waals surface area contributed by atoms with Crippen molar-refractivity contribution in [3.63, 3.8) is 0 Å². The normalized spacial score (nSPS) is 10.1. The molecule has 0 spiro atoms. The van der Waals surface area contributed by atoms with E-state index in [0.717, 1.165) is 5.56 Å². The third-order valence-corrected chi connectivity index (χ3v) is 2.10. The molecule has 0 aromatic heterocycles. The van der Waals surface area contributed by atoms with Crippen LogP contribution in [0.2, 0.25) is 0 Å². The molecule has 0 radical (unpaired) electrons. The summed E-state index contributed by atoms with van der Waals surface area (Å²) in [5.74, 6) is -1.82. The van der Waals surface area contributed by atoms with Gasteiger partial charge in [-0.1, -0.05) is 49.3 Å². The summed E-state index contributed by atoms with van der Waals surface area (Å²) in [4.78, 5) is 20.0. The van der Waals surface area contributed by atoms with Crippen LogP contribution >= 0.6 is 0 Å². The van der Waals surface area contributed by atoms with Crippen LogP contribution in [0.1, 0.15) is 49.6 Å². The van der Waals surface area contributed by atoms with E-state index in [-0.39, 0.29) is 49.3 Å². The minimum Gasteiger partial charge on any atom is -0.508 e. The summed E-state index contributed by atoms with van der Waals surface area (Å²) in [7, 11) is 0. The van der Waals surface area contributed by atoms with Crippen molar-refractivity contribution in [1.29, 1.82) is 0 Å². The van der Waals surface area contributed by atoms with Crippen LogP contribution in [0.3, 0.4) is 0 Å². The van der Waals surface area contributed by atoms with Crippen molar-refractivity contribution in [3.05, 3.63) is 29.8 Å². The molecule has 2 unspecified atom stereocenters. The highest BCUT2D eigenvalue weighted by Gasteiger charge is 2.11. The van der Waals surface area contributed by atoms with E-state index in [1.165, 1.54) is 19.1 Å². The second-order valence-corrected chi connectivity index (χ2v) is 3.94. The lowest BCUT2D eigenvalue weighted by molar-refractivity contribution is -0.139. The summed E-state index contributed by atoms with van der Waals surface area (Å²) < 4.78 is 0. The Labute approximate surface area is 147 Å². The second-order valence-electron chi connectivity index (χ2n) is 3.94. The highest BCUT2D eigenvalue weighted by Crippen LogP contribution is 2.10. The van der Waals surface area contributed by atoms with Crippen molar-refractivity contribution >= 4 is 11.9 Å². The Morgan fingerprint density at radius 2 is 1.25 bits per heavy atom. The van der Waals surface area contributed by atoms with Gasteiger partial charge in [0, 0.05) is 0 Å². The lowest BCUT2D eigenvalue weighted by Gasteiger charge is -2.05. The van der Waals surface area contributed by atoms with Gasteiger partial charge in [0.1, 0.15) is 17.8 Å². The maximum atomic E-state index is 10.4. The van der Waals surface area contributed by atoms with Crippen molar-refractivity contribution in [1.82, 2.24) is 0 Å². The largest absolute Gasteiger partial charge is 0.508 e. The topological polar surface area (TPSA) is 147 Å². The number of aromatic hydroxyl groups is 1. The molecular weight excluding hydrogens is 312 g/mol. The lowest BCUT2D eigenvalue weighted by Crippen LogP contribution is -2.32. The Balaban J connectivity index is -0.0000000657. The van der Waals surface area contributed by atoms with Gasteiger partial charge < -0.3 is 26.8 Å². The van der Waals surface area contributed by atoms with Crippen LogP contribution in [0.15, 0.2) is 24.3 Å². The van der Waals surface area contributed by atoms with E-state index in [0.29, 0.717) is 0 Å². The number of aliphatic carboxylic acids is 2. The van der Waals surface area contributed by atoms with Gasteiger partial charge in [-0.25, -0.2) is 0 Å². The van der Waals surface area contributed by atoms with Crippen molar-refractivity contribution in [2.24, 2.45) is 11.5 Å². The highest BCUT2D eigenvalue weighted by molar-refractivity contribution is 5.73. The number of carboxylic acids is 2. The molecule has 0 aliphatic heterocycles. The molecule has 1 aromatic carbocycles. The summed E-state index contributed by atoms with van der Waals surface area (Å²) in [5, 5.41) is 25.3. The number of phenols is 1. The maximum Gasteiger partial charge on any atom is 0.320 e. The monoisotopic (exact) mass is 350 g/mol. The van der Waals surface area contributed by atoms with Crippen molar-refractivity contribution in [3.8, 4) is 5.75 Å². The molecule has 24 heavy (non-hydrogen) atoms. The standard InChI is InChI=1S/C9H11NO3.C3H7NO2.5CH4/c10-8(9(12)13)5-6-1-3-7(11)4-2-6;1-2(4)3(5)6;;;;;/h1-4,8,11H,5,10H2,(H,12,13);2H,4H2,1H3,(H,5,6);5*1H4. The quantitative estimate of drug-likeness (QED) is 0.560. The van der Waals surface area contributed by atoms with E-state index in [2.05, 4.69) is 0 Å². The van der Waals surface area contributed by atoms with E-state index >= 15 is 0 Å². The van der Waals surface area contributed by atoms with E-state index < -0.39 is 24.0 Å². The van der Waals surface area contributed by atoms with Crippen molar-refractivity contribution < 1.29 is 24.9 Å². The zero-order valence-corrected chi connectivity index (χ0v) is 10.5. The summed E-state index contributed by atoms with van der Waals surface area (Å²) in [6.45, 7) is 1.42.